The van der Waals surface area contributed by atoms with E-state index in [1.807, 2.05) is 30.3 Å². The van der Waals surface area contributed by atoms with Gasteiger partial charge < -0.3 is 15.0 Å². The fourth-order valence-corrected chi connectivity index (χ4v) is 4.24. The maximum absolute atomic E-state index is 5.81. The monoisotopic (exact) mass is 323 g/mol. The standard InChI is InChI=1S/C20H25N3O/c1-20(2)11-15-12-21-13-18(20)23(14-15)16-6-8-17(9-7-16)24-19-5-3-4-10-22-19/h3-10,15,18,21H,11-14H2,1-2H3/t15-,18?/m1/s1. The molecule has 126 valence electrons. The molecule has 5 rings (SSSR count). The average Bonchev–Trinajstić information content (AvgIpc) is 2.87. The summed E-state index contributed by atoms with van der Waals surface area (Å²) in [4.78, 5) is 6.79. The number of hydrogen-bond donors (Lipinski definition) is 1. The Labute approximate surface area is 143 Å². The van der Waals surface area contributed by atoms with E-state index in [1.165, 1.54) is 12.1 Å². The Morgan fingerprint density at radius 2 is 1.96 bits per heavy atom. The van der Waals surface area contributed by atoms with Gasteiger partial charge >= 0.3 is 0 Å². The maximum atomic E-state index is 5.81. The molecule has 3 fully saturated rings. The quantitative estimate of drug-likeness (QED) is 0.934. The third kappa shape index (κ3) is 2.98. The summed E-state index contributed by atoms with van der Waals surface area (Å²) in [6.07, 6.45) is 3.05. The van der Waals surface area contributed by atoms with E-state index in [9.17, 15) is 0 Å². The molecule has 4 heteroatoms. The van der Waals surface area contributed by atoms with Crippen LogP contribution in [0.5, 0.6) is 11.6 Å². The second kappa shape index (κ2) is 6.10. The van der Waals surface area contributed by atoms with Crippen LogP contribution in [0.15, 0.2) is 48.7 Å². The van der Waals surface area contributed by atoms with Crippen molar-refractivity contribution in [2.75, 3.05) is 24.5 Å². The predicted octanol–water partition coefficient (Wildman–Crippen LogP) is 3.70. The van der Waals surface area contributed by atoms with Gasteiger partial charge in [0.2, 0.25) is 5.88 Å². The van der Waals surface area contributed by atoms with Crippen molar-refractivity contribution in [2.45, 2.75) is 26.3 Å². The molecular weight excluding hydrogens is 298 g/mol. The topological polar surface area (TPSA) is 37.4 Å². The molecule has 0 amide bonds. The normalized spacial score (nSPS) is 25.3. The minimum absolute atomic E-state index is 0.343. The molecule has 2 aromatic rings. The Kier molecular flexibility index (Phi) is 3.93. The van der Waals surface area contributed by atoms with Crippen LogP contribution in [0, 0.1) is 11.3 Å². The van der Waals surface area contributed by atoms with E-state index in [0.29, 0.717) is 17.3 Å². The van der Waals surface area contributed by atoms with E-state index in [-0.39, 0.29) is 0 Å². The molecule has 24 heavy (non-hydrogen) atoms. The van der Waals surface area contributed by atoms with Crippen LogP contribution < -0.4 is 15.0 Å². The highest BCUT2D eigenvalue weighted by atomic mass is 16.5. The lowest BCUT2D eigenvalue weighted by Crippen LogP contribution is -2.53. The minimum atomic E-state index is 0.343. The molecule has 2 atom stereocenters. The Morgan fingerprint density at radius 3 is 2.71 bits per heavy atom. The van der Waals surface area contributed by atoms with Gasteiger partial charge in [0.25, 0.3) is 0 Å². The molecule has 1 N–H and O–H groups in total. The highest BCUT2D eigenvalue weighted by Gasteiger charge is 2.43. The molecular formula is C20H25N3O. The number of rotatable bonds is 3. The molecule has 3 saturated heterocycles. The van der Waals surface area contributed by atoms with E-state index in [4.69, 9.17) is 4.74 Å². The summed E-state index contributed by atoms with van der Waals surface area (Å²) < 4.78 is 5.81. The van der Waals surface area contributed by atoms with Crippen LogP contribution in [0.2, 0.25) is 0 Å². The predicted molar refractivity (Wildman–Crippen MR) is 96.6 cm³/mol. The number of piperidine rings is 1. The van der Waals surface area contributed by atoms with Gasteiger partial charge in [-0.15, -0.1) is 0 Å². The van der Waals surface area contributed by atoms with Crippen LogP contribution in [-0.4, -0.2) is 30.7 Å². The smallest absolute Gasteiger partial charge is 0.219 e. The van der Waals surface area contributed by atoms with Gasteiger partial charge in [0, 0.05) is 37.1 Å². The largest absolute Gasteiger partial charge is 0.439 e. The lowest BCUT2D eigenvalue weighted by atomic mass is 9.73. The number of hydrogen-bond acceptors (Lipinski definition) is 4. The number of anilines is 1. The van der Waals surface area contributed by atoms with Gasteiger partial charge in [0.05, 0.1) is 0 Å². The zero-order valence-electron chi connectivity index (χ0n) is 14.4. The summed E-state index contributed by atoms with van der Waals surface area (Å²) in [6, 6.07) is 14.7. The zero-order chi connectivity index (χ0) is 16.6. The number of nitrogens with one attached hydrogen (secondary N) is 1. The Morgan fingerprint density at radius 1 is 1.12 bits per heavy atom. The van der Waals surface area contributed by atoms with Gasteiger partial charge in [-0.3, -0.25) is 0 Å². The van der Waals surface area contributed by atoms with E-state index in [1.54, 1.807) is 6.20 Å². The van der Waals surface area contributed by atoms with E-state index in [0.717, 1.165) is 31.3 Å². The molecule has 0 spiro atoms. The summed E-state index contributed by atoms with van der Waals surface area (Å²) in [5, 5.41) is 3.63. The van der Waals surface area contributed by atoms with E-state index < -0.39 is 0 Å². The fraction of sp³-hybridized carbons (Fsp3) is 0.450. The molecule has 1 aromatic heterocycles. The van der Waals surface area contributed by atoms with Crippen molar-refractivity contribution in [1.29, 1.82) is 0 Å². The number of aromatic nitrogens is 1. The maximum Gasteiger partial charge on any atom is 0.219 e. The Balaban J connectivity index is 1.54. The fourth-order valence-electron chi connectivity index (χ4n) is 4.24. The molecule has 0 aliphatic carbocycles. The van der Waals surface area contributed by atoms with Gasteiger partial charge in [-0.05, 0) is 54.6 Å². The van der Waals surface area contributed by atoms with Crippen LogP contribution in [0.25, 0.3) is 0 Å². The molecule has 3 aliphatic rings. The first kappa shape index (κ1) is 15.5. The summed E-state index contributed by atoms with van der Waals surface area (Å²) in [5.41, 5.74) is 1.63. The van der Waals surface area contributed by atoms with Crippen molar-refractivity contribution in [1.82, 2.24) is 10.3 Å². The third-order valence-electron chi connectivity index (χ3n) is 5.35. The van der Waals surface area contributed by atoms with E-state index in [2.05, 4.69) is 41.2 Å². The van der Waals surface area contributed by atoms with Crippen LogP contribution in [0.3, 0.4) is 0 Å². The first-order chi connectivity index (χ1) is 11.6. The lowest BCUT2D eigenvalue weighted by Gasteiger charge is -2.48. The van der Waals surface area contributed by atoms with Crippen molar-refractivity contribution in [3.05, 3.63) is 48.7 Å². The Hall–Kier alpha value is -2.07. The first-order valence-corrected chi connectivity index (χ1v) is 8.78. The Bertz CT molecular complexity index is 684. The molecule has 2 bridgehead atoms. The molecule has 0 radical (unpaired) electrons. The van der Waals surface area contributed by atoms with Crippen molar-refractivity contribution in [3.63, 3.8) is 0 Å². The number of pyridine rings is 1. The first-order valence-electron chi connectivity index (χ1n) is 8.78. The number of fused-ring (bicyclic) bond motifs is 4. The number of nitrogens with zero attached hydrogens (tertiary/aromatic N) is 2. The number of ether oxygens (including phenoxy) is 1. The third-order valence-corrected chi connectivity index (χ3v) is 5.35. The van der Waals surface area contributed by atoms with Gasteiger partial charge in [-0.1, -0.05) is 19.9 Å². The summed E-state index contributed by atoms with van der Waals surface area (Å²) in [6.45, 7) is 8.15. The van der Waals surface area contributed by atoms with Crippen LogP contribution in [-0.2, 0) is 0 Å². The van der Waals surface area contributed by atoms with Crippen molar-refractivity contribution in [3.8, 4) is 11.6 Å². The highest BCUT2D eigenvalue weighted by molar-refractivity contribution is 5.51. The van der Waals surface area contributed by atoms with Crippen LogP contribution >= 0.6 is 0 Å². The van der Waals surface area contributed by atoms with Gasteiger partial charge in [0.1, 0.15) is 5.75 Å². The molecule has 0 saturated carbocycles. The van der Waals surface area contributed by atoms with Gasteiger partial charge in [-0.25, -0.2) is 4.98 Å². The lowest BCUT2D eigenvalue weighted by molar-refractivity contribution is 0.192. The second-order valence-corrected chi connectivity index (χ2v) is 7.65. The molecule has 1 unspecified atom stereocenters. The van der Waals surface area contributed by atoms with Crippen LogP contribution in [0.1, 0.15) is 20.3 Å². The SMILES string of the molecule is CC1(C)C[C@@H]2CNCC1N(c1ccc(Oc3ccccn3)cc1)C2. The number of benzene rings is 1. The second-order valence-electron chi connectivity index (χ2n) is 7.65. The van der Waals surface area contributed by atoms with Crippen LogP contribution in [0.4, 0.5) is 5.69 Å². The molecule has 4 nitrogen and oxygen atoms in total. The molecule has 3 aliphatic heterocycles. The average molecular weight is 323 g/mol. The zero-order valence-corrected chi connectivity index (χ0v) is 14.4. The van der Waals surface area contributed by atoms with Crippen molar-refractivity contribution < 1.29 is 4.74 Å². The minimum Gasteiger partial charge on any atom is -0.439 e. The highest BCUT2D eigenvalue weighted by Crippen LogP contribution is 2.41. The van der Waals surface area contributed by atoms with Crippen molar-refractivity contribution in [2.24, 2.45) is 11.3 Å². The van der Waals surface area contributed by atoms with Gasteiger partial charge in [0.15, 0.2) is 0 Å². The van der Waals surface area contributed by atoms with E-state index >= 15 is 0 Å². The summed E-state index contributed by atoms with van der Waals surface area (Å²) >= 11 is 0. The molecule has 4 heterocycles. The van der Waals surface area contributed by atoms with Crippen molar-refractivity contribution >= 4 is 5.69 Å². The summed E-state index contributed by atoms with van der Waals surface area (Å²) in [7, 11) is 0. The molecule has 1 aromatic carbocycles. The van der Waals surface area contributed by atoms with Gasteiger partial charge in [-0.2, -0.15) is 0 Å². The summed E-state index contributed by atoms with van der Waals surface area (Å²) in [5.74, 6) is 2.18.